The highest BCUT2D eigenvalue weighted by Gasteiger charge is 2.26. The Hall–Kier alpha value is -1.96. The summed E-state index contributed by atoms with van der Waals surface area (Å²) in [6.45, 7) is 4.37. The number of aryl methyl sites for hydroxylation is 2. The zero-order valence-electron chi connectivity index (χ0n) is 11.9. The van der Waals surface area contributed by atoms with E-state index in [2.05, 4.69) is 19.7 Å². The Labute approximate surface area is 123 Å². The molecule has 2 heterocycles. The van der Waals surface area contributed by atoms with Crippen LogP contribution in [0.25, 0.3) is 0 Å². The van der Waals surface area contributed by atoms with Gasteiger partial charge in [-0.25, -0.2) is 19.7 Å². The van der Waals surface area contributed by atoms with E-state index in [1.807, 2.05) is 13.0 Å². The highest BCUT2D eigenvalue weighted by Crippen LogP contribution is 2.38. The highest BCUT2D eigenvalue weighted by molar-refractivity contribution is 7.92. The van der Waals surface area contributed by atoms with E-state index in [1.165, 1.54) is 6.20 Å². The van der Waals surface area contributed by atoms with Gasteiger partial charge in [0.15, 0.2) is 5.03 Å². The number of nitrogens with one attached hydrogen (secondary N) is 1. The van der Waals surface area contributed by atoms with E-state index in [0.29, 0.717) is 18.3 Å². The monoisotopic (exact) mass is 307 g/mol. The van der Waals surface area contributed by atoms with Gasteiger partial charge in [-0.05, 0) is 32.8 Å². The van der Waals surface area contributed by atoms with E-state index >= 15 is 0 Å². The molecule has 1 aliphatic rings. The average molecular weight is 307 g/mol. The summed E-state index contributed by atoms with van der Waals surface area (Å²) < 4.78 is 28.8. The number of nitrogens with zero attached hydrogens (tertiary/aromatic N) is 4. The van der Waals surface area contributed by atoms with Crippen molar-refractivity contribution in [1.29, 1.82) is 0 Å². The Kier molecular flexibility index (Phi) is 3.40. The lowest BCUT2D eigenvalue weighted by molar-refractivity contribution is 0.597. The van der Waals surface area contributed by atoms with Gasteiger partial charge in [-0.2, -0.15) is 8.42 Å². The first-order valence-corrected chi connectivity index (χ1v) is 8.37. The molecule has 0 radical (unpaired) electrons. The molecule has 0 aliphatic heterocycles. The van der Waals surface area contributed by atoms with E-state index in [1.54, 1.807) is 17.7 Å². The van der Waals surface area contributed by atoms with Crippen LogP contribution in [-0.2, 0) is 16.6 Å². The van der Waals surface area contributed by atoms with Crippen LogP contribution in [0, 0.1) is 6.92 Å². The number of imidazole rings is 1. The van der Waals surface area contributed by atoms with Gasteiger partial charge in [-0.3, -0.25) is 0 Å². The zero-order valence-corrected chi connectivity index (χ0v) is 12.8. The van der Waals surface area contributed by atoms with E-state index in [-0.39, 0.29) is 11.0 Å². The number of hydrogen-bond donors (Lipinski definition) is 1. The third-order valence-corrected chi connectivity index (χ3v) is 4.67. The second kappa shape index (κ2) is 5.10. The van der Waals surface area contributed by atoms with Gasteiger partial charge in [0.1, 0.15) is 5.82 Å². The lowest BCUT2D eigenvalue weighted by atomic mass is 10.3. The summed E-state index contributed by atoms with van der Waals surface area (Å²) in [4.78, 5) is 12.3. The van der Waals surface area contributed by atoms with Crippen LogP contribution in [0.2, 0.25) is 0 Å². The quantitative estimate of drug-likeness (QED) is 0.907. The van der Waals surface area contributed by atoms with Crippen LogP contribution in [0.5, 0.6) is 0 Å². The first kappa shape index (κ1) is 14.0. The molecule has 112 valence electrons. The molecule has 3 rings (SSSR count). The van der Waals surface area contributed by atoms with Gasteiger partial charge in [0.2, 0.25) is 5.95 Å². The molecule has 0 amide bonds. The predicted molar refractivity (Wildman–Crippen MR) is 77.5 cm³/mol. The SMILES string of the molecule is CCn1cc(S(=O)(=O)Nc2nccc(C3CC3)n2)nc1C. The Morgan fingerprint density at radius 3 is 2.76 bits per heavy atom. The molecule has 2 aromatic rings. The molecule has 1 fully saturated rings. The average Bonchev–Trinajstić information content (AvgIpc) is 3.21. The zero-order chi connectivity index (χ0) is 15.0. The second-order valence-electron chi connectivity index (χ2n) is 5.10. The summed E-state index contributed by atoms with van der Waals surface area (Å²) in [7, 11) is -3.75. The summed E-state index contributed by atoms with van der Waals surface area (Å²) in [5.74, 6) is 1.20. The fourth-order valence-corrected chi connectivity index (χ4v) is 3.09. The van der Waals surface area contributed by atoms with Crippen molar-refractivity contribution in [3.8, 4) is 0 Å². The van der Waals surface area contributed by atoms with Crippen LogP contribution in [-0.4, -0.2) is 27.9 Å². The Balaban J connectivity index is 1.86. The number of rotatable bonds is 5. The summed E-state index contributed by atoms with van der Waals surface area (Å²) in [6.07, 6.45) is 5.30. The molecule has 21 heavy (non-hydrogen) atoms. The molecule has 8 heteroatoms. The fourth-order valence-electron chi connectivity index (χ4n) is 2.13. The van der Waals surface area contributed by atoms with Crippen molar-refractivity contribution in [3.63, 3.8) is 0 Å². The van der Waals surface area contributed by atoms with Gasteiger partial charge in [0.05, 0.1) is 0 Å². The molecule has 1 N–H and O–H groups in total. The normalized spacial score (nSPS) is 15.1. The molecule has 1 saturated carbocycles. The van der Waals surface area contributed by atoms with Crippen molar-refractivity contribution in [2.45, 2.75) is 44.2 Å². The fraction of sp³-hybridized carbons (Fsp3) is 0.462. The molecular weight excluding hydrogens is 290 g/mol. The summed E-state index contributed by atoms with van der Waals surface area (Å²) in [5.41, 5.74) is 0.887. The van der Waals surface area contributed by atoms with Crippen LogP contribution < -0.4 is 4.72 Å². The van der Waals surface area contributed by atoms with Crippen LogP contribution in [0.3, 0.4) is 0 Å². The molecule has 7 nitrogen and oxygen atoms in total. The van der Waals surface area contributed by atoms with Gasteiger partial charge in [0.25, 0.3) is 10.0 Å². The third kappa shape index (κ3) is 2.90. The second-order valence-corrected chi connectivity index (χ2v) is 6.73. The Bertz CT molecular complexity index is 765. The first-order chi connectivity index (χ1) is 9.99. The maximum atomic E-state index is 12.3. The number of hydrogen-bond acceptors (Lipinski definition) is 5. The van der Waals surface area contributed by atoms with E-state index in [9.17, 15) is 8.42 Å². The molecule has 1 aliphatic carbocycles. The first-order valence-electron chi connectivity index (χ1n) is 6.89. The van der Waals surface area contributed by atoms with Gasteiger partial charge in [-0.1, -0.05) is 0 Å². The van der Waals surface area contributed by atoms with E-state index in [0.717, 1.165) is 18.5 Å². The highest BCUT2D eigenvalue weighted by atomic mass is 32.2. The van der Waals surface area contributed by atoms with E-state index in [4.69, 9.17) is 0 Å². The summed E-state index contributed by atoms with van der Waals surface area (Å²) in [6, 6.07) is 1.82. The van der Waals surface area contributed by atoms with Gasteiger partial charge in [-0.15, -0.1) is 0 Å². The minimum absolute atomic E-state index is 0.0118. The predicted octanol–water partition coefficient (Wildman–Crippen LogP) is 1.68. The molecule has 0 unspecified atom stereocenters. The topological polar surface area (TPSA) is 89.8 Å². The minimum Gasteiger partial charge on any atom is -0.334 e. The maximum Gasteiger partial charge on any atom is 0.283 e. The van der Waals surface area contributed by atoms with Crippen molar-refractivity contribution < 1.29 is 8.42 Å². The van der Waals surface area contributed by atoms with Crippen molar-refractivity contribution in [1.82, 2.24) is 19.5 Å². The molecular formula is C13H17N5O2S. The van der Waals surface area contributed by atoms with Crippen molar-refractivity contribution >= 4 is 16.0 Å². The number of sulfonamides is 1. The maximum absolute atomic E-state index is 12.3. The molecule has 0 spiro atoms. The van der Waals surface area contributed by atoms with Crippen LogP contribution in [0.1, 0.15) is 37.2 Å². The molecule has 2 aromatic heterocycles. The Morgan fingerprint density at radius 1 is 1.38 bits per heavy atom. The number of anilines is 1. The Morgan fingerprint density at radius 2 is 2.14 bits per heavy atom. The standard InChI is InChI=1S/C13H17N5O2S/c1-3-18-8-12(15-9(18)2)21(19,20)17-13-14-7-6-11(16-13)10-4-5-10/h6-8,10H,3-5H2,1-2H3,(H,14,16,17). The number of aromatic nitrogens is 4. The third-order valence-electron chi connectivity index (χ3n) is 3.47. The van der Waals surface area contributed by atoms with Gasteiger partial charge >= 0.3 is 0 Å². The van der Waals surface area contributed by atoms with Crippen LogP contribution in [0.4, 0.5) is 5.95 Å². The van der Waals surface area contributed by atoms with Crippen LogP contribution in [0.15, 0.2) is 23.5 Å². The lowest BCUT2D eigenvalue weighted by Crippen LogP contribution is -2.16. The smallest absolute Gasteiger partial charge is 0.283 e. The van der Waals surface area contributed by atoms with Crippen molar-refractivity contribution in [3.05, 3.63) is 30.0 Å². The van der Waals surface area contributed by atoms with E-state index < -0.39 is 10.0 Å². The lowest BCUT2D eigenvalue weighted by Gasteiger charge is -2.05. The summed E-state index contributed by atoms with van der Waals surface area (Å²) >= 11 is 0. The van der Waals surface area contributed by atoms with Gasteiger partial charge < -0.3 is 4.57 Å². The molecule has 0 saturated heterocycles. The largest absolute Gasteiger partial charge is 0.334 e. The van der Waals surface area contributed by atoms with Crippen molar-refractivity contribution in [2.75, 3.05) is 4.72 Å². The van der Waals surface area contributed by atoms with Crippen LogP contribution >= 0.6 is 0 Å². The summed E-state index contributed by atoms with van der Waals surface area (Å²) in [5, 5.41) is -0.0118. The molecule has 0 bridgehead atoms. The van der Waals surface area contributed by atoms with Crippen molar-refractivity contribution in [2.24, 2.45) is 0 Å². The van der Waals surface area contributed by atoms with Gasteiger partial charge in [0, 0.05) is 30.6 Å². The minimum atomic E-state index is -3.75. The molecule has 0 aromatic carbocycles. The molecule has 0 atom stereocenters.